The van der Waals surface area contributed by atoms with Gasteiger partial charge >= 0.3 is 0 Å². The Morgan fingerprint density at radius 1 is 1.33 bits per heavy atom. The Morgan fingerprint density at radius 2 is 1.96 bits per heavy atom. The summed E-state index contributed by atoms with van der Waals surface area (Å²) in [7, 11) is -2.31. The highest BCUT2D eigenvalue weighted by Crippen LogP contribution is 2.30. The normalized spacial score (nSPS) is 19.9. The third kappa shape index (κ3) is 4.74. The second-order valence-electron chi connectivity index (χ2n) is 6.60. The minimum atomic E-state index is -3.73. The molecular weight excluding hydrogens is 390 g/mol. The Hall–Kier alpha value is -1.35. The maximum atomic E-state index is 12.9. The first-order chi connectivity index (χ1) is 12.3. The summed E-state index contributed by atoms with van der Waals surface area (Å²) in [4.78, 5) is 14.7. The summed E-state index contributed by atoms with van der Waals surface area (Å²) in [5.41, 5.74) is 6.09. The van der Waals surface area contributed by atoms with E-state index in [0.717, 1.165) is 6.42 Å². The molecule has 2 N–H and O–H groups in total. The fourth-order valence-electron chi connectivity index (χ4n) is 3.48. The SMILES string of the molecule is CCN(CC)S(=O)(=O)c1cc(C(=O)N2CC(CN)CC2C)ccc1OC.Cl. The fraction of sp³-hybridized carbons (Fsp3) is 0.611. The van der Waals surface area contributed by atoms with Gasteiger partial charge in [-0.3, -0.25) is 4.79 Å². The molecule has 1 aliphatic rings. The molecule has 1 aliphatic heterocycles. The van der Waals surface area contributed by atoms with E-state index in [0.29, 0.717) is 31.7 Å². The summed E-state index contributed by atoms with van der Waals surface area (Å²) < 4.78 is 32.5. The molecule has 7 nitrogen and oxygen atoms in total. The van der Waals surface area contributed by atoms with Crippen LogP contribution in [0, 0.1) is 5.92 Å². The molecule has 1 saturated heterocycles. The molecule has 1 aromatic carbocycles. The van der Waals surface area contributed by atoms with Crippen LogP contribution in [0.15, 0.2) is 23.1 Å². The van der Waals surface area contributed by atoms with E-state index in [1.807, 2.05) is 6.92 Å². The lowest BCUT2D eigenvalue weighted by atomic mass is 10.1. The lowest BCUT2D eigenvalue weighted by molar-refractivity contribution is 0.0743. The van der Waals surface area contributed by atoms with Gasteiger partial charge in [-0.15, -0.1) is 12.4 Å². The van der Waals surface area contributed by atoms with Crippen LogP contribution in [0.1, 0.15) is 37.6 Å². The Labute approximate surface area is 168 Å². The van der Waals surface area contributed by atoms with E-state index in [-0.39, 0.29) is 40.9 Å². The number of rotatable bonds is 7. The topological polar surface area (TPSA) is 92.9 Å². The highest BCUT2D eigenvalue weighted by Gasteiger charge is 2.33. The van der Waals surface area contributed by atoms with Crippen molar-refractivity contribution >= 4 is 28.3 Å². The smallest absolute Gasteiger partial charge is 0.254 e. The van der Waals surface area contributed by atoms with Crippen molar-refractivity contribution in [2.45, 2.75) is 38.1 Å². The minimum Gasteiger partial charge on any atom is -0.495 e. The van der Waals surface area contributed by atoms with E-state index in [1.165, 1.54) is 17.5 Å². The quantitative estimate of drug-likeness (QED) is 0.729. The monoisotopic (exact) mass is 419 g/mol. The van der Waals surface area contributed by atoms with Gasteiger partial charge in [0.25, 0.3) is 5.91 Å². The predicted octanol–water partition coefficient (Wildman–Crippen LogP) is 1.96. The van der Waals surface area contributed by atoms with Gasteiger partial charge < -0.3 is 15.4 Å². The summed E-state index contributed by atoms with van der Waals surface area (Å²) in [6, 6.07) is 4.67. The van der Waals surface area contributed by atoms with Gasteiger partial charge in [-0.25, -0.2) is 8.42 Å². The summed E-state index contributed by atoms with van der Waals surface area (Å²) in [5, 5.41) is 0. The number of nitrogens with two attached hydrogens (primary N) is 1. The van der Waals surface area contributed by atoms with Crippen LogP contribution in [0.2, 0.25) is 0 Å². The Morgan fingerprint density at radius 3 is 2.44 bits per heavy atom. The van der Waals surface area contributed by atoms with Crippen molar-refractivity contribution in [2.24, 2.45) is 11.7 Å². The number of amides is 1. The summed E-state index contributed by atoms with van der Waals surface area (Å²) in [5.74, 6) is 0.348. The minimum absolute atomic E-state index is 0. The van der Waals surface area contributed by atoms with Crippen molar-refractivity contribution in [1.29, 1.82) is 0 Å². The first-order valence-corrected chi connectivity index (χ1v) is 10.4. The van der Waals surface area contributed by atoms with Gasteiger partial charge in [0.15, 0.2) is 0 Å². The van der Waals surface area contributed by atoms with Gasteiger partial charge in [-0.1, -0.05) is 13.8 Å². The molecule has 9 heteroatoms. The Kier molecular flexibility index (Phi) is 8.53. The van der Waals surface area contributed by atoms with E-state index in [9.17, 15) is 13.2 Å². The van der Waals surface area contributed by atoms with Crippen LogP contribution in [-0.4, -0.2) is 62.9 Å². The van der Waals surface area contributed by atoms with E-state index in [2.05, 4.69) is 0 Å². The van der Waals surface area contributed by atoms with Gasteiger partial charge in [0, 0.05) is 31.2 Å². The molecule has 1 aromatic rings. The van der Waals surface area contributed by atoms with Crippen molar-refractivity contribution in [3.63, 3.8) is 0 Å². The molecule has 0 saturated carbocycles. The predicted molar refractivity (Wildman–Crippen MR) is 108 cm³/mol. The van der Waals surface area contributed by atoms with E-state index < -0.39 is 10.0 Å². The van der Waals surface area contributed by atoms with Gasteiger partial charge in [0.2, 0.25) is 10.0 Å². The number of methoxy groups -OCH3 is 1. The van der Waals surface area contributed by atoms with Crippen LogP contribution < -0.4 is 10.5 Å². The van der Waals surface area contributed by atoms with Crippen LogP contribution in [0.4, 0.5) is 0 Å². The van der Waals surface area contributed by atoms with Crippen molar-refractivity contribution in [1.82, 2.24) is 9.21 Å². The zero-order valence-electron chi connectivity index (χ0n) is 16.3. The maximum absolute atomic E-state index is 12.9. The highest BCUT2D eigenvalue weighted by molar-refractivity contribution is 7.89. The molecule has 1 fully saturated rings. The molecule has 0 bridgehead atoms. The standard InChI is InChI=1S/C18H29N3O4S.ClH/c1-5-20(6-2)26(23,24)17-10-15(7-8-16(17)25-4)18(22)21-12-14(11-19)9-13(21)3;/h7-8,10,13-14H,5-6,9,11-12,19H2,1-4H3;1H. The van der Waals surface area contributed by atoms with Crippen LogP contribution in [0.25, 0.3) is 0 Å². The lowest BCUT2D eigenvalue weighted by Gasteiger charge is -2.23. The van der Waals surface area contributed by atoms with Gasteiger partial charge in [0.1, 0.15) is 10.6 Å². The average molecular weight is 420 g/mol. The van der Waals surface area contributed by atoms with Gasteiger partial charge in [0.05, 0.1) is 7.11 Å². The third-order valence-corrected chi connectivity index (χ3v) is 7.06. The van der Waals surface area contributed by atoms with Crippen molar-refractivity contribution in [3.8, 4) is 5.75 Å². The second kappa shape index (κ2) is 9.73. The van der Waals surface area contributed by atoms with E-state index in [4.69, 9.17) is 10.5 Å². The van der Waals surface area contributed by atoms with Gasteiger partial charge in [-0.2, -0.15) is 4.31 Å². The molecule has 0 aromatic heterocycles. The van der Waals surface area contributed by atoms with Crippen LogP contribution in [0.5, 0.6) is 5.75 Å². The summed E-state index contributed by atoms with van der Waals surface area (Å²) in [6.45, 7) is 7.38. The number of nitrogens with zero attached hydrogens (tertiary/aromatic N) is 2. The molecule has 27 heavy (non-hydrogen) atoms. The molecule has 2 rings (SSSR count). The van der Waals surface area contributed by atoms with Crippen molar-refractivity contribution in [2.75, 3.05) is 33.3 Å². The number of sulfonamides is 1. The first-order valence-electron chi connectivity index (χ1n) is 8.99. The molecule has 1 amide bonds. The van der Waals surface area contributed by atoms with Crippen molar-refractivity contribution < 1.29 is 17.9 Å². The first kappa shape index (κ1) is 23.7. The lowest BCUT2D eigenvalue weighted by Crippen LogP contribution is -2.35. The van der Waals surface area contributed by atoms with Crippen LogP contribution in [0.3, 0.4) is 0 Å². The fourth-order valence-corrected chi connectivity index (χ4v) is 5.12. The Bertz CT molecular complexity index is 753. The van der Waals surface area contributed by atoms with Crippen LogP contribution >= 0.6 is 12.4 Å². The zero-order valence-corrected chi connectivity index (χ0v) is 18.0. The van der Waals surface area contributed by atoms with Crippen molar-refractivity contribution in [3.05, 3.63) is 23.8 Å². The highest BCUT2D eigenvalue weighted by atomic mass is 35.5. The molecule has 2 atom stereocenters. The van der Waals surface area contributed by atoms with E-state index in [1.54, 1.807) is 30.9 Å². The number of carbonyl (C=O) groups excluding carboxylic acids is 1. The van der Waals surface area contributed by atoms with E-state index >= 15 is 0 Å². The molecule has 0 spiro atoms. The number of ether oxygens (including phenoxy) is 1. The number of hydrogen-bond acceptors (Lipinski definition) is 5. The average Bonchev–Trinajstić information content (AvgIpc) is 3.02. The number of likely N-dealkylation sites (tertiary alicyclic amines) is 1. The molecular formula is C18H30ClN3O4S. The molecule has 154 valence electrons. The number of carbonyl (C=O) groups is 1. The molecule has 2 unspecified atom stereocenters. The number of halogens is 1. The molecule has 1 heterocycles. The summed E-state index contributed by atoms with van der Waals surface area (Å²) >= 11 is 0. The molecule has 0 aliphatic carbocycles. The maximum Gasteiger partial charge on any atom is 0.254 e. The number of hydrogen-bond donors (Lipinski definition) is 1. The molecule has 0 radical (unpaired) electrons. The zero-order chi connectivity index (χ0) is 19.5. The Balaban J connectivity index is 0.00000364. The largest absolute Gasteiger partial charge is 0.495 e. The second-order valence-corrected chi connectivity index (χ2v) is 8.51. The summed E-state index contributed by atoms with van der Waals surface area (Å²) in [6.07, 6.45) is 0.864. The third-order valence-electron chi connectivity index (χ3n) is 4.99. The van der Waals surface area contributed by atoms with Gasteiger partial charge in [-0.05, 0) is 44.0 Å². The van der Waals surface area contributed by atoms with Crippen LogP contribution in [-0.2, 0) is 10.0 Å². The number of benzene rings is 1.